The van der Waals surface area contributed by atoms with Gasteiger partial charge in [-0.25, -0.2) is 0 Å². The van der Waals surface area contributed by atoms with Crippen molar-refractivity contribution in [2.24, 2.45) is 5.73 Å². The van der Waals surface area contributed by atoms with Gasteiger partial charge in [0.05, 0.1) is 11.4 Å². The smallest absolute Gasteiger partial charge is 0.0862 e. The summed E-state index contributed by atoms with van der Waals surface area (Å²) in [5.41, 5.74) is 17.5. The van der Waals surface area contributed by atoms with E-state index in [1.165, 1.54) is 24.6 Å². The van der Waals surface area contributed by atoms with Crippen molar-refractivity contribution in [3.05, 3.63) is 75.8 Å². The van der Waals surface area contributed by atoms with Crippen LogP contribution < -0.4 is 11.5 Å². The molecule has 0 radical (unpaired) electrons. The Kier molecular flexibility index (Phi) is 6.90. The number of nitrogens with two attached hydrogens (primary N) is 2. The fourth-order valence-corrected chi connectivity index (χ4v) is 3.76. The molecular formula is C23H27N5S. The summed E-state index contributed by atoms with van der Waals surface area (Å²) in [6.07, 6.45) is 5.57. The maximum absolute atomic E-state index is 8.54. The van der Waals surface area contributed by atoms with Crippen LogP contribution in [0.1, 0.15) is 35.1 Å². The summed E-state index contributed by atoms with van der Waals surface area (Å²) in [6.45, 7) is 3.25. The second kappa shape index (κ2) is 9.58. The summed E-state index contributed by atoms with van der Waals surface area (Å²) in [5, 5.41) is 17.6. The van der Waals surface area contributed by atoms with Crippen molar-refractivity contribution in [1.29, 1.82) is 10.8 Å². The summed E-state index contributed by atoms with van der Waals surface area (Å²) in [7, 11) is 0. The maximum Gasteiger partial charge on any atom is 0.0862 e. The van der Waals surface area contributed by atoms with Crippen LogP contribution in [0.3, 0.4) is 0 Å². The Bertz CT molecular complexity index is 971. The van der Waals surface area contributed by atoms with Crippen LogP contribution in [0.15, 0.2) is 53.6 Å². The highest BCUT2D eigenvalue weighted by Crippen LogP contribution is 2.22. The number of likely N-dealkylation sites (tertiary alicyclic amines) is 1. The quantitative estimate of drug-likeness (QED) is 0.271. The van der Waals surface area contributed by atoms with Gasteiger partial charge >= 0.3 is 0 Å². The molecule has 1 heterocycles. The van der Waals surface area contributed by atoms with Gasteiger partial charge in [0.1, 0.15) is 0 Å². The zero-order chi connectivity index (χ0) is 20.8. The van der Waals surface area contributed by atoms with Crippen LogP contribution in [0.25, 0.3) is 11.6 Å². The van der Waals surface area contributed by atoms with Gasteiger partial charge in [0, 0.05) is 29.6 Å². The molecule has 6 heteroatoms. The highest BCUT2D eigenvalue weighted by atomic mass is 32.1. The van der Waals surface area contributed by atoms with Crippen molar-refractivity contribution in [3.63, 3.8) is 0 Å². The number of nitrogens with one attached hydrogen (secondary N) is 2. The number of anilines is 1. The minimum Gasteiger partial charge on any atom is -0.398 e. The molecule has 2 aromatic rings. The second-order valence-electron chi connectivity index (χ2n) is 7.23. The summed E-state index contributed by atoms with van der Waals surface area (Å²) in [6, 6.07) is 13.6. The van der Waals surface area contributed by atoms with E-state index in [-0.39, 0.29) is 5.71 Å². The Hall–Kier alpha value is -2.83. The van der Waals surface area contributed by atoms with Crippen LogP contribution in [0, 0.1) is 10.8 Å². The van der Waals surface area contributed by atoms with Crippen LogP contribution in [0.5, 0.6) is 0 Å². The van der Waals surface area contributed by atoms with Crippen LogP contribution in [-0.2, 0) is 6.54 Å². The fourth-order valence-electron chi connectivity index (χ4n) is 3.53. The van der Waals surface area contributed by atoms with Crippen LogP contribution in [0.4, 0.5) is 5.69 Å². The molecule has 1 aliphatic rings. The lowest BCUT2D eigenvalue weighted by atomic mass is 9.98. The number of hydrogen-bond acceptors (Lipinski definition) is 6. The first-order chi connectivity index (χ1) is 14.0. The van der Waals surface area contributed by atoms with Crippen LogP contribution in [0.2, 0.25) is 0 Å². The summed E-state index contributed by atoms with van der Waals surface area (Å²) >= 11 is 4.14. The minimum atomic E-state index is 0.165. The zero-order valence-electron chi connectivity index (χ0n) is 16.4. The third-order valence-corrected chi connectivity index (χ3v) is 5.40. The lowest BCUT2D eigenvalue weighted by Crippen LogP contribution is -2.18. The van der Waals surface area contributed by atoms with Crippen molar-refractivity contribution in [2.75, 3.05) is 18.8 Å². The Morgan fingerprint density at radius 3 is 2.59 bits per heavy atom. The lowest BCUT2D eigenvalue weighted by molar-refractivity contribution is 0.331. The van der Waals surface area contributed by atoms with E-state index >= 15 is 0 Å². The molecule has 6 N–H and O–H groups in total. The third-order valence-electron chi connectivity index (χ3n) is 5.12. The molecule has 0 spiro atoms. The molecule has 0 atom stereocenters. The predicted octanol–water partition coefficient (Wildman–Crippen LogP) is 4.15. The second-order valence-corrected chi connectivity index (χ2v) is 7.49. The average Bonchev–Trinajstić information content (AvgIpc) is 3.22. The number of nitrogens with zero attached hydrogens (tertiary/aromatic N) is 1. The van der Waals surface area contributed by atoms with E-state index in [4.69, 9.17) is 22.3 Å². The molecule has 0 bridgehead atoms. The van der Waals surface area contributed by atoms with Gasteiger partial charge in [0.15, 0.2) is 0 Å². The summed E-state index contributed by atoms with van der Waals surface area (Å²) in [5.74, 6) is 0. The molecule has 150 valence electrons. The first-order valence-electron chi connectivity index (χ1n) is 9.64. The number of hydrogen-bond donors (Lipinski definition) is 5. The van der Waals surface area contributed by atoms with Crippen molar-refractivity contribution in [1.82, 2.24) is 4.90 Å². The Morgan fingerprint density at radius 2 is 1.90 bits per heavy atom. The van der Waals surface area contributed by atoms with Gasteiger partial charge in [0.2, 0.25) is 0 Å². The predicted molar refractivity (Wildman–Crippen MR) is 127 cm³/mol. The topological polar surface area (TPSA) is 103 Å². The highest BCUT2D eigenvalue weighted by molar-refractivity contribution is 7.83. The molecule has 0 aliphatic carbocycles. The summed E-state index contributed by atoms with van der Waals surface area (Å²) < 4.78 is 0. The van der Waals surface area contributed by atoms with E-state index < -0.39 is 0 Å². The van der Waals surface area contributed by atoms with Gasteiger partial charge in [-0.1, -0.05) is 30.3 Å². The molecule has 29 heavy (non-hydrogen) atoms. The lowest BCUT2D eigenvalue weighted by Gasteiger charge is -2.15. The molecule has 0 aromatic heterocycles. The van der Waals surface area contributed by atoms with Gasteiger partial charge in [-0.3, -0.25) is 10.3 Å². The van der Waals surface area contributed by atoms with E-state index in [2.05, 4.69) is 29.7 Å². The molecule has 1 aliphatic heterocycles. The van der Waals surface area contributed by atoms with Gasteiger partial charge in [0.25, 0.3) is 0 Å². The van der Waals surface area contributed by atoms with Gasteiger partial charge in [-0.2, -0.15) is 12.6 Å². The zero-order valence-corrected chi connectivity index (χ0v) is 17.3. The summed E-state index contributed by atoms with van der Waals surface area (Å²) in [4.78, 5) is 2.45. The molecule has 2 aromatic carbocycles. The van der Waals surface area contributed by atoms with E-state index in [9.17, 15) is 0 Å². The van der Waals surface area contributed by atoms with Crippen LogP contribution >= 0.6 is 12.6 Å². The molecular weight excluding hydrogens is 378 g/mol. The molecule has 1 saturated heterocycles. The molecule has 5 nitrogen and oxygen atoms in total. The minimum absolute atomic E-state index is 0.165. The van der Waals surface area contributed by atoms with E-state index in [1.807, 2.05) is 18.2 Å². The maximum atomic E-state index is 8.54. The van der Waals surface area contributed by atoms with Gasteiger partial charge < -0.3 is 16.9 Å². The van der Waals surface area contributed by atoms with E-state index in [0.717, 1.165) is 30.8 Å². The number of thiol groups is 1. The van der Waals surface area contributed by atoms with Crippen LogP contribution in [-0.4, -0.2) is 29.9 Å². The standard InChI is InChI=1S/C23H27N5S/c24-13-19(15-29)18-6-7-21(25)20(12-18)23(27)22(26)11-16-4-3-5-17(10-16)14-28-8-1-2-9-28/h3-7,10-13,15,24,27,29H,1-2,8-9,14,25-26H2/b19-15+,22-11-,24-13?,27-23?. The van der Waals surface area contributed by atoms with E-state index in [1.54, 1.807) is 23.6 Å². The number of allylic oxidation sites excluding steroid dienone is 2. The number of nitrogen functional groups attached to an aromatic ring is 1. The molecule has 1 fully saturated rings. The number of rotatable bonds is 7. The molecule has 0 saturated carbocycles. The fraction of sp³-hybridized carbons (Fsp3) is 0.217. The van der Waals surface area contributed by atoms with Crippen molar-refractivity contribution in [3.8, 4) is 0 Å². The van der Waals surface area contributed by atoms with Crippen molar-refractivity contribution < 1.29 is 0 Å². The van der Waals surface area contributed by atoms with Gasteiger partial charge in [-0.05, 0) is 66.2 Å². The Balaban J connectivity index is 1.83. The normalized spacial score (nSPS) is 15.5. The Morgan fingerprint density at radius 1 is 1.14 bits per heavy atom. The molecule has 0 amide bonds. The van der Waals surface area contributed by atoms with Crippen molar-refractivity contribution in [2.45, 2.75) is 19.4 Å². The largest absolute Gasteiger partial charge is 0.398 e. The molecule has 0 unspecified atom stereocenters. The third kappa shape index (κ3) is 5.16. The molecule has 3 rings (SSSR count). The monoisotopic (exact) mass is 405 g/mol. The van der Waals surface area contributed by atoms with E-state index in [0.29, 0.717) is 22.5 Å². The first kappa shape index (κ1) is 20.9. The van der Waals surface area contributed by atoms with Crippen molar-refractivity contribution >= 4 is 41.9 Å². The first-order valence-corrected chi connectivity index (χ1v) is 10.2. The SMILES string of the molecule is N=C/C(=C\S)c1ccc(N)c(C(=N)/C(N)=C/c2cccc(CN3CCCC3)c2)c1. The highest BCUT2D eigenvalue weighted by Gasteiger charge is 2.13. The number of benzene rings is 2. The Labute approximate surface area is 177 Å². The van der Waals surface area contributed by atoms with Gasteiger partial charge in [-0.15, -0.1) is 0 Å². The average molecular weight is 406 g/mol.